The van der Waals surface area contributed by atoms with E-state index in [0.717, 1.165) is 0 Å². The predicted molar refractivity (Wildman–Crippen MR) is 121 cm³/mol. The van der Waals surface area contributed by atoms with Crippen LogP contribution in [0.25, 0.3) is 0 Å². The van der Waals surface area contributed by atoms with Gasteiger partial charge in [-0.15, -0.1) is 0 Å². The molecular formula is C22H26N4O6S. The van der Waals surface area contributed by atoms with Gasteiger partial charge in [0.2, 0.25) is 15.9 Å². The van der Waals surface area contributed by atoms with E-state index in [1.807, 2.05) is 0 Å². The van der Waals surface area contributed by atoms with Gasteiger partial charge >= 0.3 is 6.03 Å². The molecule has 1 fully saturated rings. The molecule has 0 radical (unpaired) electrons. The molecule has 0 saturated carbocycles. The number of hydrazine groups is 1. The quantitative estimate of drug-likeness (QED) is 0.434. The Morgan fingerprint density at radius 2 is 1.55 bits per heavy atom. The van der Waals surface area contributed by atoms with E-state index >= 15 is 0 Å². The van der Waals surface area contributed by atoms with Gasteiger partial charge in [0.25, 0.3) is 0 Å². The maximum absolute atomic E-state index is 12.8. The molecule has 2 aromatic rings. The number of nitrogens with zero attached hydrogens (tertiary/aromatic N) is 1. The second-order valence-electron chi connectivity index (χ2n) is 7.56. The van der Waals surface area contributed by atoms with Crippen LogP contribution in [-0.2, 0) is 14.8 Å². The van der Waals surface area contributed by atoms with Crippen LogP contribution in [0.3, 0.4) is 0 Å². The number of sulfonamides is 1. The Balaban J connectivity index is 1.46. The third-order valence-corrected chi connectivity index (χ3v) is 7.28. The van der Waals surface area contributed by atoms with Crippen LogP contribution in [0.1, 0.15) is 30.1 Å². The number of anilines is 1. The molecule has 10 nitrogen and oxygen atoms in total. The molecule has 3 N–H and O–H groups in total. The largest absolute Gasteiger partial charge is 0.497 e. The Bertz CT molecular complexity index is 1110. The van der Waals surface area contributed by atoms with Crippen molar-refractivity contribution in [2.75, 3.05) is 25.5 Å². The first-order valence-electron chi connectivity index (χ1n) is 10.3. The van der Waals surface area contributed by atoms with Crippen molar-refractivity contribution in [2.24, 2.45) is 5.92 Å². The van der Waals surface area contributed by atoms with Gasteiger partial charge in [-0.1, -0.05) is 0 Å². The zero-order valence-corrected chi connectivity index (χ0v) is 19.1. The summed E-state index contributed by atoms with van der Waals surface area (Å²) in [7, 11) is -2.16. The third-order valence-electron chi connectivity index (χ3n) is 5.37. The van der Waals surface area contributed by atoms with Crippen molar-refractivity contribution >= 4 is 33.4 Å². The lowest BCUT2D eigenvalue weighted by atomic mass is 9.98. The normalized spacial score (nSPS) is 14.8. The maximum Gasteiger partial charge on any atom is 0.337 e. The van der Waals surface area contributed by atoms with Crippen molar-refractivity contribution < 1.29 is 27.5 Å². The summed E-state index contributed by atoms with van der Waals surface area (Å²) in [5.74, 6) is -0.337. The van der Waals surface area contributed by atoms with Crippen LogP contribution < -0.4 is 20.9 Å². The molecule has 0 aromatic heterocycles. The standard InChI is InChI=1S/C22H26N4O6S/c1-15(27)16-3-5-18(6-4-16)23-22(29)25-24-21(28)17-11-13-26(14-12-17)33(30,31)20-9-7-19(32-2)8-10-20/h3-10,17H,11-14H2,1-2H3,(H,24,28)(H2,23,25,29). The molecule has 1 aliphatic rings. The highest BCUT2D eigenvalue weighted by Crippen LogP contribution is 2.25. The van der Waals surface area contributed by atoms with Crippen LogP contribution >= 0.6 is 0 Å². The summed E-state index contributed by atoms with van der Waals surface area (Å²) in [5, 5.41) is 2.55. The lowest BCUT2D eigenvalue weighted by Crippen LogP contribution is -2.49. The monoisotopic (exact) mass is 474 g/mol. The van der Waals surface area contributed by atoms with E-state index in [2.05, 4.69) is 16.2 Å². The van der Waals surface area contributed by atoms with E-state index in [1.165, 1.54) is 30.5 Å². The minimum atomic E-state index is -3.66. The number of hydrogen-bond donors (Lipinski definition) is 3. The van der Waals surface area contributed by atoms with Crippen molar-refractivity contribution in [3.63, 3.8) is 0 Å². The number of nitrogens with one attached hydrogen (secondary N) is 3. The van der Waals surface area contributed by atoms with Gasteiger partial charge in [0.05, 0.1) is 12.0 Å². The zero-order chi connectivity index (χ0) is 24.0. The maximum atomic E-state index is 12.8. The SMILES string of the molecule is COc1ccc(S(=O)(=O)N2CCC(C(=O)NNC(=O)Nc3ccc(C(C)=O)cc3)CC2)cc1. The number of piperidine rings is 1. The number of benzene rings is 2. The van der Waals surface area contributed by atoms with Gasteiger partial charge in [-0.05, 0) is 68.3 Å². The van der Waals surface area contributed by atoms with Gasteiger partial charge in [-0.2, -0.15) is 4.31 Å². The van der Waals surface area contributed by atoms with Crippen molar-refractivity contribution in [3.05, 3.63) is 54.1 Å². The van der Waals surface area contributed by atoms with Crippen LogP contribution in [0.15, 0.2) is 53.4 Å². The molecule has 11 heteroatoms. The van der Waals surface area contributed by atoms with Crippen molar-refractivity contribution in [3.8, 4) is 5.75 Å². The number of Topliss-reactive ketones (excluding diaryl/α,β-unsaturated/α-hetero) is 1. The van der Waals surface area contributed by atoms with E-state index in [9.17, 15) is 22.8 Å². The number of carbonyl (C=O) groups excluding carboxylic acids is 3. The van der Waals surface area contributed by atoms with Gasteiger partial charge < -0.3 is 10.1 Å². The van der Waals surface area contributed by atoms with Gasteiger partial charge in [0, 0.05) is 30.3 Å². The number of ketones is 1. The molecule has 33 heavy (non-hydrogen) atoms. The minimum Gasteiger partial charge on any atom is -0.497 e. The molecule has 0 spiro atoms. The average Bonchev–Trinajstić information content (AvgIpc) is 2.83. The molecule has 2 aromatic carbocycles. The van der Waals surface area contributed by atoms with E-state index in [1.54, 1.807) is 36.4 Å². The number of ether oxygens (including phenoxy) is 1. The predicted octanol–water partition coefficient (Wildman–Crippen LogP) is 2.15. The molecule has 176 valence electrons. The van der Waals surface area contributed by atoms with E-state index < -0.39 is 27.9 Å². The summed E-state index contributed by atoms with van der Waals surface area (Å²) in [6.07, 6.45) is 0.661. The molecule has 3 amide bonds. The molecule has 1 heterocycles. The van der Waals surface area contributed by atoms with Gasteiger partial charge in [0.15, 0.2) is 5.78 Å². The van der Waals surface area contributed by atoms with Gasteiger partial charge in [0.1, 0.15) is 5.75 Å². The van der Waals surface area contributed by atoms with Crippen molar-refractivity contribution in [1.82, 2.24) is 15.2 Å². The fourth-order valence-electron chi connectivity index (χ4n) is 3.43. The summed E-state index contributed by atoms with van der Waals surface area (Å²) in [4.78, 5) is 35.9. The first-order valence-corrected chi connectivity index (χ1v) is 11.8. The molecule has 0 aliphatic carbocycles. The first-order chi connectivity index (χ1) is 15.7. The summed E-state index contributed by atoms with van der Waals surface area (Å²) in [6.45, 7) is 1.84. The first kappa shape index (κ1) is 24.2. The number of rotatable bonds is 6. The van der Waals surface area contributed by atoms with Crippen LogP contribution in [0, 0.1) is 5.92 Å². The van der Waals surface area contributed by atoms with Gasteiger partial charge in [-0.25, -0.2) is 18.6 Å². The molecular weight excluding hydrogens is 448 g/mol. The Labute approximate surface area is 192 Å². The number of carbonyl (C=O) groups is 3. The molecule has 0 bridgehead atoms. The second kappa shape index (κ2) is 10.5. The number of amides is 3. The van der Waals surface area contributed by atoms with Crippen molar-refractivity contribution in [1.29, 1.82) is 0 Å². The van der Waals surface area contributed by atoms with Crippen LogP contribution in [-0.4, -0.2) is 50.6 Å². The van der Waals surface area contributed by atoms with Crippen molar-refractivity contribution in [2.45, 2.75) is 24.7 Å². The molecule has 0 unspecified atom stereocenters. The lowest BCUT2D eigenvalue weighted by Gasteiger charge is -2.30. The lowest BCUT2D eigenvalue weighted by molar-refractivity contribution is -0.126. The second-order valence-corrected chi connectivity index (χ2v) is 9.49. The zero-order valence-electron chi connectivity index (χ0n) is 18.3. The minimum absolute atomic E-state index is 0.0823. The summed E-state index contributed by atoms with van der Waals surface area (Å²) < 4.78 is 32.0. The highest BCUT2D eigenvalue weighted by atomic mass is 32.2. The van der Waals surface area contributed by atoms with Crippen LogP contribution in [0.4, 0.5) is 10.5 Å². The molecule has 1 aliphatic heterocycles. The van der Waals surface area contributed by atoms with E-state index in [0.29, 0.717) is 29.8 Å². The Hall–Kier alpha value is -3.44. The van der Waals surface area contributed by atoms with Crippen LogP contribution in [0.2, 0.25) is 0 Å². The summed E-state index contributed by atoms with van der Waals surface area (Å²) in [5.41, 5.74) is 5.63. The summed E-state index contributed by atoms with van der Waals surface area (Å²) >= 11 is 0. The van der Waals surface area contributed by atoms with E-state index in [4.69, 9.17) is 4.74 Å². The Morgan fingerprint density at radius 3 is 2.09 bits per heavy atom. The number of urea groups is 1. The van der Waals surface area contributed by atoms with Crippen LogP contribution in [0.5, 0.6) is 5.75 Å². The molecule has 1 saturated heterocycles. The molecule has 3 rings (SSSR count). The van der Waals surface area contributed by atoms with E-state index in [-0.39, 0.29) is 23.8 Å². The van der Waals surface area contributed by atoms with Gasteiger partial charge in [-0.3, -0.25) is 15.0 Å². The Morgan fingerprint density at radius 1 is 0.939 bits per heavy atom. The highest BCUT2D eigenvalue weighted by Gasteiger charge is 2.32. The third kappa shape index (κ3) is 6.08. The smallest absolute Gasteiger partial charge is 0.337 e. The Kier molecular flexibility index (Phi) is 7.67. The summed E-state index contributed by atoms with van der Waals surface area (Å²) in [6, 6.07) is 11.8. The topological polar surface area (TPSA) is 134 Å². The fourth-order valence-corrected chi connectivity index (χ4v) is 4.90. The average molecular weight is 475 g/mol. The molecule has 0 atom stereocenters. The number of hydrogen-bond acceptors (Lipinski definition) is 6. The highest BCUT2D eigenvalue weighted by molar-refractivity contribution is 7.89. The number of methoxy groups -OCH3 is 1. The fraction of sp³-hybridized carbons (Fsp3) is 0.318.